The average Bonchev–Trinajstić information content (AvgIpc) is 3.24. The highest BCUT2D eigenvalue weighted by molar-refractivity contribution is 5.26. The lowest BCUT2D eigenvalue weighted by Gasteiger charge is -2.11. The highest BCUT2D eigenvalue weighted by Gasteiger charge is 2.33. The Morgan fingerprint density at radius 1 is 1.10 bits per heavy atom. The van der Waals surface area contributed by atoms with Crippen LogP contribution < -0.4 is 0 Å². The summed E-state index contributed by atoms with van der Waals surface area (Å²) < 4.78 is 0. The van der Waals surface area contributed by atoms with E-state index in [1.807, 2.05) is 0 Å². The van der Waals surface area contributed by atoms with Crippen LogP contribution >= 0.6 is 0 Å². The van der Waals surface area contributed by atoms with Crippen molar-refractivity contribution in [2.45, 2.75) is 45.4 Å². The molecule has 108 valence electrons. The van der Waals surface area contributed by atoms with E-state index in [0.717, 1.165) is 29.6 Å². The first-order valence-electron chi connectivity index (χ1n) is 8.48. The lowest BCUT2D eigenvalue weighted by molar-refractivity contribution is 0.551. The van der Waals surface area contributed by atoms with Gasteiger partial charge in [-0.3, -0.25) is 0 Å². The molecule has 0 heterocycles. The molecule has 0 nitrogen and oxygen atoms in total. The molecule has 0 N–H and O–H groups in total. The number of allylic oxidation sites excluding steroid dienone is 7. The molecule has 2 fully saturated rings. The Balaban J connectivity index is 0.000000123. The number of hydrogen-bond acceptors (Lipinski definition) is 0. The van der Waals surface area contributed by atoms with Crippen LogP contribution in [0, 0.1) is 29.6 Å². The molecule has 0 radical (unpaired) electrons. The first-order valence-corrected chi connectivity index (χ1v) is 8.48. The fourth-order valence-corrected chi connectivity index (χ4v) is 4.31. The molecule has 5 atom stereocenters. The number of hydrogen-bond donors (Lipinski definition) is 0. The molecule has 0 aromatic rings. The van der Waals surface area contributed by atoms with Crippen LogP contribution in [0.2, 0.25) is 0 Å². The van der Waals surface area contributed by atoms with E-state index >= 15 is 0 Å². The SMILES string of the molecule is C=CC1CC2C=CC1C2.CCCC=C1CC2C=CC1C2. The summed E-state index contributed by atoms with van der Waals surface area (Å²) in [6.45, 7) is 6.08. The molecule has 0 heteroatoms. The lowest BCUT2D eigenvalue weighted by Crippen LogP contribution is -2.01. The molecule has 4 rings (SSSR count). The van der Waals surface area contributed by atoms with Crippen LogP contribution in [0.5, 0.6) is 0 Å². The van der Waals surface area contributed by atoms with Crippen LogP contribution in [-0.2, 0) is 0 Å². The molecule has 0 spiro atoms. The Bertz CT molecular complexity index is 437. The molecule has 0 amide bonds. The third-order valence-corrected chi connectivity index (χ3v) is 5.47. The van der Waals surface area contributed by atoms with Crippen molar-refractivity contribution in [2.75, 3.05) is 0 Å². The van der Waals surface area contributed by atoms with Gasteiger partial charge in [0.25, 0.3) is 0 Å². The summed E-state index contributed by atoms with van der Waals surface area (Å²) in [6, 6.07) is 0. The zero-order valence-corrected chi connectivity index (χ0v) is 12.8. The van der Waals surface area contributed by atoms with Crippen molar-refractivity contribution in [3.63, 3.8) is 0 Å². The van der Waals surface area contributed by atoms with Crippen molar-refractivity contribution in [1.29, 1.82) is 0 Å². The highest BCUT2D eigenvalue weighted by Crippen LogP contribution is 2.44. The predicted molar refractivity (Wildman–Crippen MR) is 87.4 cm³/mol. The first kappa shape index (κ1) is 13.9. The maximum Gasteiger partial charge on any atom is -0.00173 e. The van der Waals surface area contributed by atoms with Gasteiger partial charge in [0.15, 0.2) is 0 Å². The minimum atomic E-state index is 0.806. The van der Waals surface area contributed by atoms with Crippen molar-refractivity contribution in [3.8, 4) is 0 Å². The second-order valence-corrected chi connectivity index (χ2v) is 6.94. The van der Waals surface area contributed by atoms with E-state index in [1.165, 1.54) is 38.5 Å². The van der Waals surface area contributed by atoms with Gasteiger partial charge in [-0.2, -0.15) is 0 Å². The third-order valence-electron chi connectivity index (χ3n) is 5.47. The quantitative estimate of drug-likeness (QED) is 0.576. The van der Waals surface area contributed by atoms with Gasteiger partial charge in [-0.25, -0.2) is 0 Å². The summed E-state index contributed by atoms with van der Waals surface area (Å²) in [5, 5.41) is 0. The molecular weight excluding hydrogens is 240 g/mol. The summed E-state index contributed by atoms with van der Waals surface area (Å²) in [7, 11) is 0. The largest absolute Gasteiger partial charge is 0.103 e. The summed E-state index contributed by atoms with van der Waals surface area (Å²) in [5.41, 5.74) is 1.72. The van der Waals surface area contributed by atoms with Crippen molar-refractivity contribution < 1.29 is 0 Å². The van der Waals surface area contributed by atoms with Crippen molar-refractivity contribution in [2.24, 2.45) is 29.6 Å². The molecule has 4 bridgehead atoms. The topological polar surface area (TPSA) is 0 Å². The molecule has 0 aliphatic heterocycles. The molecule has 2 saturated carbocycles. The molecule has 0 saturated heterocycles. The minimum Gasteiger partial charge on any atom is -0.103 e. The van der Waals surface area contributed by atoms with Crippen molar-refractivity contribution >= 4 is 0 Å². The van der Waals surface area contributed by atoms with Gasteiger partial charge in [-0.15, -0.1) is 6.58 Å². The lowest BCUT2D eigenvalue weighted by atomic mass is 9.94. The molecular formula is C20H28. The minimum absolute atomic E-state index is 0.806. The molecule has 4 aliphatic rings. The van der Waals surface area contributed by atoms with E-state index in [0.29, 0.717) is 0 Å². The molecule has 5 unspecified atom stereocenters. The number of fused-ring (bicyclic) bond motifs is 4. The summed E-state index contributed by atoms with van der Waals surface area (Å²) in [4.78, 5) is 0. The second kappa shape index (κ2) is 6.16. The standard InChI is InChI=1S/C11H16.C9H12/c1-2-3-4-10-7-9-5-6-11(10)8-9;1-2-8-5-7-3-4-9(8)6-7/h4-6,9,11H,2-3,7-8H2,1H3;2-4,7-9H,1,5-6H2. The van der Waals surface area contributed by atoms with Crippen LogP contribution in [0.25, 0.3) is 0 Å². The molecule has 20 heavy (non-hydrogen) atoms. The van der Waals surface area contributed by atoms with E-state index in [4.69, 9.17) is 0 Å². The Morgan fingerprint density at radius 2 is 1.95 bits per heavy atom. The zero-order valence-electron chi connectivity index (χ0n) is 12.8. The smallest absolute Gasteiger partial charge is 0.00173 e. The second-order valence-electron chi connectivity index (χ2n) is 6.94. The number of rotatable bonds is 3. The fraction of sp³-hybridized carbons (Fsp3) is 0.600. The highest BCUT2D eigenvalue weighted by atomic mass is 14.4. The van der Waals surface area contributed by atoms with Crippen LogP contribution in [0.15, 0.2) is 48.6 Å². The van der Waals surface area contributed by atoms with Gasteiger partial charge in [0.05, 0.1) is 0 Å². The predicted octanol–water partition coefficient (Wildman–Crippen LogP) is 5.69. The van der Waals surface area contributed by atoms with E-state index in [1.54, 1.807) is 5.57 Å². The molecule has 4 aliphatic carbocycles. The van der Waals surface area contributed by atoms with Gasteiger partial charge in [0.1, 0.15) is 0 Å². The zero-order chi connectivity index (χ0) is 13.9. The molecule has 0 aromatic heterocycles. The van der Waals surface area contributed by atoms with Gasteiger partial charge >= 0.3 is 0 Å². The van der Waals surface area contributed by atoms with Gasteiger partial charge in [-0.1, -0.05) is 55.4 Å². The maximum absolute atomic E-state index is 3.83. The summed E-state index contributed by atoms with van der Waals surface area (Å²) in [6.07, 6.45) is 22.2. The van der Waals surface area contributed by atoms with Gasteiger partial charge < -0.3 is 0 Å². The first-order chi connectivity index (χ1) is 9.80. The Labute approximate surface area is 124 Å². The monoisotopic (exact) mass is 268 g/mol. The van der Waals surface area contributed by atoms with Crippen LogP contribution in [0.4, 0.5) is 0 Å². The van der Waals surface area contributed by atoms with Crippen LogP contribution in [0.1, 0.15) is 45.4 Å². The fourth-order valence-electron chi connectivity index (χ4n) is 4.31. The Hall–Kier alpha value is -1.04. The third kappa shape index (κ3) is 2.85. The van der Waals surface area contributed by atoms with Crippen molar-refractivity contribution in [3.05, 3.63) is 48.6 Å². The normalized spacial score (nSPS) is 41.2. The average molecular weight is 268 g/mol. The van der Waals surface area contributed by atoms with Gasteiger partial charge in [0, 0.05) is 0 Å². The summed E-state index contributed by atoms with van der Waals surface area (Å²) in [5.74, 6) is 4.31. The van der Waals surface area contributed by atoms with Crippen LogP contribution in [-0.4, -0.2) is 0 Å². The van der Waals surface area contributed by atoms with E-state index < -0.39 is 0 Å². The van der Waals surface area contributed by atoms with E-state index in [2.05, 4.69) is 50.0 Å². The molecule has 0 aromatic carbocycles. The van der Waals surface area contributed by atoms with Crippen molar-refractivity contribution in [1.82, 2.24) is 0 Å². The Kier molecular flexibility index (Phi) is 4.29. The maximum atomic E-state index is 3.83. The van der Waals surface area contributed by atoms with E-state index in [-0.39, 0.29) is 0 Å². The summed E-state index contributed by atoms with van der Waals surface area (Å²) >= 11 is 0. The number of unbranched alkanes of at least 4 members (excludes halogenated alkanes) is 1. The van der Waals surface area contributed by atoms with Gasteiger partial charge in [-0.05, 0) is 61.7 Å². The van der Waals surface area contributed by atoms with E-state index in [9.17, 15) is 0 Å². The van der Waals surface area contributed by atoms with Crippen LogP contribution in [0.3, 0.4) is 0 Å². The van der Waals surface area contributed by atoms with Gasteiger partial charge in [0.2, 0.25) is 0 Å². The Morgan fingerprint density at radius 3 is 2.40 bits per heavy atom.